The topological polar surface area (TPSA) is 44.4 Å². The Labute approximate surface area is 86.0 Å². The fourth-order valence-electron chi connectivity index (χ4n) is 1.82. The molecule has 1 fully saturated rings. The molecule has 1 unspecified atom stereocenters. The van der Waals surface area contributed by atoms with Gasteiger partial charge in [-0.1, -0.05) is 0 Å². The van der Waals surface area contributed by atoms with Crippen molar-refractivity contribution < 1.29 is 4.79 Å². The molecule has 4 heteroatoms. The van der Waals surface area contributed by atoms with Gasteiger partial charge in [-0.2, -0.15) is 0 Å². The average molecular weight is 199 g/mol. The molecule has 2 N–H and O–H groups in total. The Kier molecular flexibility index (Phi) is 4.20. The van der Waals surface area contributed by atoms with Gasteiger partial charge in [0.1, 0.15) is 0 Å². The number of carbonyl (C=O) groups is 1. The number of likely N-dealkylation sites (tertiary alicyclic amines) is 1. The van der Waals surface area contributed by atoms with Crippen molar-refractivity contribution >= 4 is 6.03 Å². The third kappa shape index (κ3) is 3.18. The number of hydrogen-bond acceptors (Lipinski definition) is 2. The monoisotopic (exact) mass is 199 g/mol. The van der Waals surface area contributed by atoms with Crippen LogP contribution in [0.15, 0.2) is 0 Å². The Balaban J connectivity index is 2.19. The minimum Gasteiger partial charge on any atom is -0.341 e. The van der Waals surface area contributed by atoms with E-state index in [1.165, 1.54) is 6.42 Å². The summed E-state index contributed by atoms with van der Waals surface area (Å²) in [5.41, 5.74) is 0. The van der Waals surface area contributed by atoms with Gasteiger partial charge in [0.15, 0.2) is 0 Å². The van der Waals surface area contributed by atoms with Crippen LogP contribution in [0.2, 0.25) is 0 Å². The molecule has 0 spiro atoms. The maximum absolute atomic E-state index is 10.9. The van der Waals surface area contributed by atoms with Crippen LogP contribution in [0.5, 0.6) is 0 Å². The van der Waals surface area contributed by atoms with Crippen LogP contribution in [-0.2, 0) is 0 Å². The van der Waals surface area contributed by atoms with Gasteiger partial charge in [0.2, 0.25) is 0 Å². The van der Waals surface area contributed by atoms with Crippen molar-refractivity contribution in [3.05, 3.63) is 0 Å². The van der Waals surface area contributed by atoms with E-state index >= 15 is 0 Å². The third-order valence-corrected chi connectivity index (χ3v) is 2.83. The fourth-order valence-corrected chi connectivity index (χ4v) is 1.82. The quantitative estimate of drug-likeness (QED) is 0.701. The van der Waals surface area contributed by atoms with E-state index in [4.69, 9.17) is 0 Å². The molecule has 4 nitrogen and oxygen atoms in total. The van der Waals surface area contributed by atoms with Gasteiger partial charge in [-0.25, -0.2) is 4.79 Å². The van der Waals surface area contributed by atoms with E-state index in [9.17, 15) is 4.79 Å². The molecule has 0 aromatic heterocycles. The van der Waals surface area contributed by atoms with E-state index in [0.29, 0.717) is 12.0 Å². The predicted molar refractivity (Wildman–Crippen MR) is 57.3 cm³/mol. The summed E-state index contributed by atoms with van der Waals surface area (Å²) in [5.74, 6) is 0.620. The summed E-state index contributed by atoms with van der Waals surface area (Å²) in [6, 6.07) is 0.549. The first kappa shape index (κ1) is 11.3. The zero-order valence-electron chi connectivity index (χ0n) is 9.34. The molecule has 0 aliphatic carbocycles. The van der Waals surface area contributed by atoms with Crippen LogP contribution in [0, 0.1) is 5.92 Å². The van der Waals surface area contributed by atoms with Crippen LogP contribution < -0.4 is 10.6 Å². The number of amides is 2. The number of urea groups is 1. The molecule has 1 aliphatic heterocycles. The second-order valence-electron chi connectivity index (χ2n) is 4.20. The van der Waals surface area contributed by atoms with E-state index in [1.807, 2.05) is 0 Å². The van der Waals surface area contributed by atoms with Crippen molar-refractivity contribution in [1.29, 1.82) is 0 Å². The van der Waals surface area contributed by atoms with Crippen molar-refractivity contribution in [2.45, 2.75) is 26.3 Å². The van der Waals surface area contributed by atoms with Gasteiger partial charge >= 0.3 is 6.03 Å². The number of nitrogens with one attached hydrogen (secondary N) is 2. The lowest BCUT2D eigenvalue weighted by molar-refractivity contribution is 0.238. The summed E-state index contributed by atoms with van der Waals surface area (Å²) in [7, 11) is 1.64. The molecular weight excluding hydrogens is 178 g/mol. The zero-order valence-corrected chi connectivity index (χ0v) is 9.34. The van der Waals surface area contributed by atoms with Crippen LogP contribution in [0.1, 0.15) is 20.3 Å². The summed E-state index contributed by atoms with van der Waals surface area (Å²) in [4.78, 5) is 13.4. The summed E-state index contributed by atoms with van der Waals surface area (Å²) in [6.45, 7) is 7.51. The van der Waals surface area contributed by atoms with Gasteiger partial charge in [0.25, 0.3) is 0 Å². The van der Waals surface area contributed by atoms with Gasteiger partial charge in [0, 0.05) is 26.2 Å². The highest BCUT2D eigenvalue weighted by molar-refractivity contribution is 5.73. The first-order valence-corrected chi connectivity index (χ1v) is 5.33. The van der Waals surface area contributed by atoms with Crippen molar-refractivity contribution in [2.75, 3.05) is 26.7 Å². The summed E-state index contributed by atoms with van der Waals surface area (Å²) < 4.78 is 0. The Morgan fingerprint density at radius 2 is 2.29 bits per heavy atom. The smallest absolute Gasteiger partial charge is 0.314 e. The highest BCUT2D eigenvalue weighted by atomic mass is 16.2. The molecular formula is C10H21N3O. The lowest BCUT2D eigenvalue weighted by Crippen LogP contribution is -2.37. The largest absolute Gasteiger partial charge is 0.341 e. The first-order valence-electron chi connectivity index (χ1n) is 5.33. The van der Waals surface area contributed by atoms with Crippen molar-refractivity contribution in [2.24, 2.45) is 5.92 Å². The molecule has 1 aliphatic rings. The predicted octanol–water partition coefficient (Wildman–Crippen LogP) is 0.646. The van der Waals surface area contributed by atoms with Crippen LogP contribution in [0.4, 0.5) is 4.79 Å². The molecule has 1 saturated heterocycles. The molecule has 2 amide bonds. The van der Waals surface area contributed by atoms with E-state index < -0.39 is 0 Å². The van der Waals surface area contributed by atoms with Crippen molar-refractivity contribution in [1.82, 2.24) is 15.5 Å². The van der Waals surface area contributed by atoms with E-state index in [2.05, 4.69) is 29.4 Å². The molecule has 1 heterocycles. The number of rotatable bonds is 3. The van der Waals surface area contributed by atoms with Gasteiger partial charge < -0.3 is 15.5 Å². The van der Waals surface area contributed by atoms with Crippen molar-refractivity contribution in [3.8, 4) is 0 Å². The Morgan fingerprint density at radius 1 is 1.57 bits per heavy atom. The first-order chi connectivity index (χ1) is 6.63. The molecule has 0 aromatic rings. The summed E-state index contributed by atoms with van der Waals surface area (Å²) in [6.07, 6.45) is 1.20. The molecule has 0 aromatic carbocycles. The summed E-state index contributed by atoms with van der Waals surface area (Å²) >= 11 is 0. The Hall–Kier alpha value is -0.770. The second kappa shape index (κ2) is 5.20. The zero-order chi connectivity index (χ0) is 10.6. The molecule has 14 heavy (non-hydrogen) atoms. The van der Waals surface area contributed by atoms with E-state index in [-0.39, 0.29) is 6.03 Å². The average Bonchev–Trinajstić information content (AvgIpc) is 2.62. The second-order valence-corrected chi connectivity index (χ2v) is 4.20. The molecule has 0 radical (unpaired) electrons. The van der Waals surface area contributed by atoms with Gasteiger partial charge in [-0.15, -0.1) is 0 Å². The highest BCUT2D eigenvalue weighted by Gasteiger charge is 2.23. The van der Waals surface area contributed by atoms with Crippen LogP contribution in [-0.4, -0.2) is 43.7 Å². The maximum Gasteiger partial charge on any atom is 0.314 e. The molecule has 0 saturated carbocycles. The highest BCUT2D eigenvalue weighted by Crippen LogP contribution is 2.17. The number of hydrogen-bond donors (Lipinski definition) is 2. The molecule has 1 rings (SSSR count). The van der Waals surface area contributed by atoms with Crippen molar-refractivity contribution in [3.63, 3.8) is 0 Å². The number of carbonyl (C=O) groups excluding carboxylic acids is 1. The standard InChI is InChI=1S/C10H21N3O/c1-8(2)13-5-4-9(7-13)6-12-10(14)11-3/h8-9H,4-7H2,1-3H3,(H2,11,12,14). The third-order valence-electron chi connectivity index (χ3n) is 2.83. The van der Waals surface area contributed by atoms with Gasteiger partial charge in [-0.05, 0) is 32.7 Å². The lowest BCUT2D eigenvalue weighted by Gasteiger charge is -2.20. The summed E-state index contributed by atoms with van der Waals surface area (Å²) in [5, 5.41) is 5.42. The van der Waals surface area contributed by atoms with Crippen LogP contribution >= 0.6 is 0 Å². The maximum atomic E-state index is 10.9. The van der Waals surface area contributed by atoms with E-state index in [1.54, 1.807) is 7.05 Å². The van der Waals surface area contributed by atoms with Gasteiger partial charge in [0.05, 0.1) is 0 Å². The SMILES string of the molecule is CNC(=O)NCC1CCN(C(C)C)C1. The molecule has 1 atom stereocenters. The van der Waals surface area contributed by atoms with Crippen LogP contribution in [0.3, 0.4) is 0 Å². The molecule has 82 valence electrons. The normalized spacial score (nSPS) is 22.7. The Bertz CT molecular complexity index is 194. The van der Waals surface area contributed by atoms with E-state index in [0.717, 1.165) is 19.6 Å². The lowest BCUT2D eigenvalue weighted by atomic mass is 10.1. The molecule has 0 bridgehead atoms. The minimum atomic E-state index is -0.0759. The number of nitrogens with zero attached hydrogens (tertiary/aromatic N) is 1. The van der Waals surface area contributed by atoms with Gasteiger partial charge in [-0.3, -0.25) is 0 Å². The van der Waals surface area contributed by atoms with Crippen LogP contribution in [0.25, 0.3) is 0 Å². The Morgan fingerprint density at radius 3 is 2.79 bits per heavy atom. The minimum absolute atomic E-state index is 0.0759. The fraction of sp³-hybridized carbons (Fsp3) is 0.900.